The van der Waals surface area contributed by atoms with Crippen LogP contribution in [0.4, 0.5) is 10.1 Å². The largest absolute Gasteiger partial charge is 0.393 e. The van der Waals surface area contributed by atoms with E-state index in [9.17, 15) is 9.50 Å². The SMILES string of the molecule is CCNC(=NCc1ccc(N2CCC(O)CC2)c(F)c1)NCCCN1CCCCC1C.I. The van der Waals surface area contributed by atoms with Crippen molar-refractivity contribution < 1.29 is 9.50 Å². The summed E-state index contributed by atoms with van der Waals surface area (Å²) in [7, 11) is 0. The molecule has 2 aliphatic rings. The van der Waals surface area contributed by atoms with Crippen LogP contribution in [0.1, 0.15) is 57.9 Å². The second-order valence-corrected chi connectivity index (χ2v) is 8.86. The monoisotopic (exact) mass is 561 g/mol. The third-order valence-electron chi connectivity index (χ3n) is 6.44. The highest BCUT2D eigenvalue weighted by Crippen LogP contribution is 2.24. The van der Waals surface area contributed by atoms with E-state index in [4.69, 9.17) is 0 Å². The summed E-state index contributed by atoms with van der Waals surface area (Å²) < 4.78 is 14.7. The lowest BCUT2D eigenvalue weighted by atomic mass is 10.0. The van der Waals surface area contributed by atoms with Crippen LogP contribution in [0, 0.1) is 5.82 Å². The maximum absolute atomic E-state index is 14.7. The third kappa shape index (κ3) is 8.33. The number of aliphatic hydroxyl groups excluding tert-OH is 1. The smallest absolute Gasteiger partial charge is 0.191 e. The van der Waals surface area contributed by atoms with E-state index in [2.05, 4.69) is 34.4 Å². The fraction of sp³-hybridized carbons (Fsp3) is 0.708. The van der Waals surface area contributed by atoms with E-state index in [0.717, 1.165) is 37.6 Å². The molecule has 0 amide bonds. The molecule has 1 unspecified atom stereocenters. The molecule has 2 saturated heterocycles. The van der Waals surface area contributed by atoms with Crippen molar-refractivity contribution >= 4 is 35.6 Å². The molecule has 182 valence electrons. The highest BCUT2D eigenvalue weighted by molar-refractivity contribution is 14.0. The van der Waals surface area contributed by atoms with E-state index in [1.165, 1.54) is 25.8 Å². The van der Waals surface area contributed by atoms with Gasteiger partial charge in [-0.05, 0) is 70.2 Å². The van der Waals surface area contributed by atoms with Crippen molar-refractivity contribution in [3.63, 3.8) is 0 Å². The van der Waals surface area contributed by atoms with Crippen LogP contribution in [0.25, 0.3) is 0 Å². The Hall–Kier alpha value is -1.13. The van der Waals surface area contributed by atoms with Gasteiger partial charge in [-0.1, -0.05) is 12.5 Å². The molecule has 3 N–H and O–H groups in total. The molecule has 2 aliphatic heterocycles. The number of aliphatic imine (C=N–C) groups is 1. The van der Waals surface area contributed by atoms with Gasteiger partial charge in [0.25, 0.3) is 0 Å². The molecule has 3 rings (SSSR count). The van der Waals surface area contributed by atoms with Gasteiger partial charge in [-0.25, -0.2) is 9.38 Å². The molecule has 2 fully saturated rings. The van der Waals surface area contributed by atoms with Crippen molar-refractivity contribution in [2.24, 2.45) is 4.99 Å². The van der Waals surface area contributed by atoms with Crippen molar-refractivity contribution in [1.29, 1.82) is 0 Å². The Balaban J connectivity index is 0.00000363. The lowest BCUT2D eigenvalue weighted by molar-refractivity contribution is 0.145. The summed E-state index contributed by atoms with van der Waals surface area (Å²) in [5.74, 6) is 0.571. The van der Waals surface area contributed by atoms with Gasteiger partial charge in [0.2, 0.25) is 0 Å². The fourth-order valence-corrected chi connectivity index (χ4v) is 4.50. The van der Waals surface area contributed by atoms with Crippen LogP contribution >= 0.6 is 24.0 Å². The van der Waals surface area contributed by atoms with E-state index in [1.54, 1.807) is 6.07 Å². The lowest BCUT2D eigenvalue weighted by Gasteiger charge is -2.33. The summed E-state index contributed by atoms with van der Waals surface area (Å²) in [5, 5.41) is 16.4. The molecular weight excluding hydrogens is 520 g/mol. The third-order valence-corrected chi connectivity index (χ3v) is 6.44. The number of piperidine rings is 2. The summed E-state index contributed by atoms with van der Waals surface area (Å²) >= 11 is 0. The van der Waals surface area contributed by atoms with Crippen LogP contribution in [0.3, 0.4) is 0 Å². The average molecular weight is 562 g/mol. The molecule has 8 heteroatoms. The van der Waals surface area contributed by atoms with E-state index in [1.807, 2.05) is 17.0 Å². The molecule has 0 aliphatic carbocycles. The number of halogens is 2. The first-order chi connectivity index (χ1) is 15.1. The Morgan fingerprint density at radius 2 is 1.94 bits per heavy atom. The first-order valence-electron chi connectivity index (χ1n) is 12.0. The number of likely N-dealkylation sites (tertiary alicyclic amines) is 1. The van der Waals surface area contributed by atoms with Crippen molar-refractivity contribution in [3.8, 4) is 0 Å². The molecule has 0 bridgehead atoms. The molecule has 0 aromatic heterocycles. The Kier molecular flexibility index (Phi) is 12.0. The molecule has 32 heavy (non-hydrogen) atoms. The summed E-state index contributed by atoms with van der Waals surface area (Å²) in [6.45, 7) is 10.2. The predicted molar refractivity (Wildman–Crippen MR) is 142 cm³/mol. The van der Waals surface area contributed by atoms with Crippen molar-refractivity contribution in [1.82, 2.24) is 15.5 Å². The number of hydrogen-bond donors (Lipinski definition) is 3. The van der Waals surface area contributed by atoms with E-state index >= 15 is 0 Å². The molecule has 0 saturated carbocycles. The van der Waals surface area contributed by atoms with Crippen LogP contribution < -0.4 is 15.5 Å². The van der Waals surface area contributed by atoms with Crippen molar-refractivity contribution in [2.75, 3.05) is 44.2 Å². The molecule has 1 atom stereocenters. The van der Waals surface area contributed by atoms with Crippen LogP contribution in [0.5, 0.6) is 0 Å². The Morgan fingerprint density at radius 3 is 2.62 bits per heavy atom. The lowest BCUT2D eigenvalue weighted by Crippen LogP contribution is -2.41. The van der Waals surface area contributed by atoms with Crippen LogP contribution in [-0.4, -0.2) is 67.4 Å². The maximum Gasteiger partial charge on any atom is 0.191 e. The van der Waals surface area contributed by atoms with Gasteiger partial charge in [0.05, 0.1) is 18.3 Å². The van der Waals surface area contributed by atoms with Gasteiger partial charge in [0.1, 0.15) is 5.82 Å². The summed E-state index contributed by atoms with van der Waals surface area (Å²) in [6.07, 6.45) is 6.20. The number of nitrogens with zero attached hydrogens (tertiary/aromatic N) is 3. The van der Waals surface area contributed by atoms with E-state index < -0.39 is 0 Å². The fourth-order valence-electron chi connectivity index (χ4n) is 4.50. The van der Waals surface area contributed by atoms with E-state index in [-0.39, 0.29) is 35.9 Å². The highest BCUT2D eigenvalue weighted by Gasteiger charge is 2.20. The Labute approximate surface area is 210 Å². The molecule has 0 spiro atoms. The summed E-state index contributed by atoms with van der Waals surface area (Å²) in [4.78, 5) is 9.25. The Morgan fingerprint density at radius 1 is 1.16 bits per heavy atom. The summed E-state index contributed by atoms with van der Waals surface area (Å²) in [5.41, 5.74) is 1.48. The molecule has 1 aromatic rings. The first-order valence-corrected chi connectivity index (χ1v) is 12.0. The standard InChI is InChI=1S/C24H40FN5O.HI/c1-3-26-24(27-12-6-14-29-13-5-4-7-19(29)2)28-18-20-8-9-23(22(25)17-20)30-15-10-21(31)11-16-30;/h8-9,17,19,21,31H,3-7,10-16,18H2,1-2H3,(H2,26,27,28);1H. The molecular formula is C24H41FIN5O. The van der Waals surface area contributed by atoms with Crippen molar-refractivity contribution in [3.05, 3.63) is 29.6 Å². The number of rotatable bonds is 8. The van der Waals surface area contributed by atoms with Gasteiger partial charge in [-0.15, -0.1) is 24.0 Å². The molecule has 1 aromatic carbocycles. The maximum atomic E-state index is 14.7. The predicted octanol–water partition coefficient (Wildman–Crippen LogP) is 3.72. The van der Waals surface area contributed by atoms with Gasteiger partial charge >= 0.3 is 0 Å². The zero-order valence-electron chi connectivity index (χ0n) is 19.7. The number of aliphatic hydroxyl groups is 1. The minimum absolute atomic E-state index is 0. The average Bonchev–Trinajstić information content (AvgIpc) is 2.77. The van der Waals surface area contributed by atoms with Crippen LogP contribution in [-0.2, 0) is 6.54 Å². The molecule has 0 radical (unpaired) electrons. The van der Waals surface area contributed by atoms with Gasteiger partial charge in [0, 0.05) is 38.8 Å². The van der Waals surface area contributed by atoms with E-state index in [0.29, 0.717) is 44.2 Å². The van der Waals surface area contributed by atoms with Gasteiger partial charge in [0.15, 0.2) is 5.96 Å². The minimum Gasteiger partial charge on any atom is -0.393 e. The number of nitrogens with one attached hydrogen (secondary N) is 2. The zero-order valence-corrected chi connectivity index (χ0v) is 22.0. The number of anilines is 1. The zero-order chi connectivity index (χ0) is 22.1. The summed E-state index contributed by atoms with van der Waals surface area (Å²) in [6, 6.07) is 6.08. The van der Waals surface area contributed by atoms with Gasteiger partial charge in [-0.3, -0.25) is 0 Å². The minimum atomic E-state index is -0.256. The normalized spacial score (nSPS) is 20.7. The second kappa shape index (κ2) is 14.2. The molecule has 2 heterocycles. The van der Waals surface area contributed by atoms with Gasteiger partial charge < -0.3 is 25.5 Å². The topological polar surface area (TPSA) is 63.1 Å². The quantitative estimate of drug-likeness (QED) is 0.196. The number of guanidine groups is 1. The van der Waals surface area contributed by atoms with Crippen molar-refractivity contribution in [2.45, 2.75) is 71.1 Å². The number of hydrogen-bond acceptors (Lipinski definition) is 4. The van der Waals surface area contributed by atoms with Crippen LogP contribution in [0.15, 0.2) is 23.2 Å². The molecule has 6 nitrogen and oxygen atoms in total. The first kappa shape index (κ1) is 27.1. The van der Waals surface area contributed by atoms with Crippen LogP contribution in [0.2, 0.25) is 0 Å². The Bertz CT molecular complexity index is 712. The van der Waals surface area contributed by atoms with Gasteiger partial charge in [-0.2, -0.15) is 0 Å². The highest BCUT2D eigenvalue weighted by atomic mass is 127. The number of benzene rings is 1. The second-order valence-electron chi connectivity index (χ2n) is 8.86.